The molecule has 0 spiro atoms. The van der Waals surface area contributed by atoms with Crippen LogP contribution in [-0.2, 0) is 0 Å². The highest BCUT2D eigenvalue weighted by Crippen LogP contribution is 2.38. The third-order valence-electron chi connectivity index (χ3n) is 4.79. The number of hydrogen-bond acceptors (Lipinski definition) is 2. The first-order valence-corrected chi connectivity index (χ1v) is 8.05. The summed E-state index contributed by atoms with van der Waals surface area (Å²) >= 11 is 0. The number of nitrogen functional groups attached to an aromatic ring is 1. The van der Waals surface area contributed by atoms with Crippen LogP contribution in [0.25, 0.3) is 32.8 Å². The number of fused-ring (bicyclic) bond motifs is 2. The normalized spacial score (nSPS) is 14.6. The van der Waals surface area contributed by atoms with Gasteiger partial charge in [-0.2, -0.15) is 0 Å². The van der Waals surface area contributed by atoms with Crippen LogP contribution in [-0.4, -0.2) is 9.55 Å². The first-order valence-electron chi connectivity index (χ1n) is 8.05. The molecular formula is C20H17N3. The lowest BCUT2D eigenvalue weighted by Crippen LogP contribution is -1.91. The quantitative estimate of drug-likeness (QED) is 0.579. The van der Waals surface area contributed by atoms with Gasteiger partial charge in [-0.05, 0) is 59.7 Å². The van der Waals surface area contributed by atoms with Crippen LogP contribution in [0.4, 0.5) is 5.82 Å². The van der Waals surface area contributed by atoms with Gasteiger partial charge in [-0.25, -0.2) is 4.98 Å². The van der Waals surface area contributed by atoms with Gasteiger partial charge in [-0.1, -0.05) is 18.2 Å². The molecule has 1 aliphatic rings. The molecule has 4 aromatic rings. The molecule has 0 atom stereocenters. The Hall–Kier alpha value is -2.81. The number of benzene rings is 2. The molecule has 2 aromatic carbocycles. The summed E-state index contributed by atoms with van der Waals surface area (Å²) in [6.45, 7) is 0. The van der Waals surface area contributed by atoms with E-state index in [-0.39, 0.29) is 0 Å². The molecule has 3 heteroatoms. The van der Waals surface area contributed by atoms with Crippen molar-refractivity contribution in [2.45, 2.75) is 18.9 Å². The number of pyridine rings is 1. The number of hydrogen-bond donors (Lipinski definition) is 1. The largest absolute Gasteiger partial charge is 0.383 e. The van der Waals surface area contributed by atoms with Crippen molar-refractivity contribution in [3.8, 4) is 11.1 Å². The Kier molecular flexibility index (Phi) is 2.54. The maximum absolute atomic E-state index is 6.02. The zero-order valence-corrected chi connectivity index (χ0v) is 12.7. The third-order valence-corrected chi connectivity index (χ3v) is 4.79. The van der Waals surface area contributed by atoms with Crippen molar-refractivity contribution in [1.82, 2.24) is 9.55 Å². The molecular weight excluding hydrogens is 282 g/mol. The zero-order valence-electron chi connectivity index (χ0n) is 12.7. The standard InChI is InChI=1S/C20H17N3/c21-20-18-12-15(2-1-13(18)7-9-22-20)14-3-6-19-16(11-14)8-10-23(19)17-4-5-17/h1-3,6-12,17H,4-5H2,(H2,21,22). The maximum Gasteiger partial charge on any atom is 0.131 e. The minimum Gasteiger partial charge on any atom is -0.383 e. The van der Waals surface area contributed by atoms with Gasteiger partial charge in [-0.15, -0.1) is 0 Å². The minimum absolute atomic E-state index is 0.588. The lowest BCUT2D eigenvalue weighted by Gasteiger charge is -2.07. The Labute approximate surface area is 134 Å². The molecule has 2 heterocycles. The van der Waals surface area contributed by atoms with Gasteiger partial charge in [0.05, 0.1) is 0 Å². The summed E-state index contributed by atoms with van der Waals surface area (Å²) in [5.74, 6) is 0.588. The maximum atomic E-state index is 6.02. The average Bonchev–Trinajstić information content (AvgIpc) is 3.34. The summed E-state index contributed by atoms with van der Waals surface area (Å²) in [6, 6.07) is 18.0. The van der Waals surface area contributed by atoms with Gasteiger partial charge in [0, 0.05) is 34.7 Å². The Morgan fingerprint density at radius 1 is 0.913 bits per heavy atom. The predicted molar refractivity (Wildman–Crippen MR) is 95.4 cm³/mol. The first kappa shape index (κ1) is 12.7. The summed E-state index contributed by atoms with van der Waals surface area (Å²) in [5.41, 5.74) is 9.75. The lowest BCUT2D eigenvalue weighted by atomic mass is 10.0. The lowest BCUT2D eigenvalue weighted by molar-refractivity contribution is 0.776. The van der Waals surface area contributed by atoms with E-state index in [2.05, 4.69) is 58.2 Å². The van der Waals surface area contributed by atoms with Gasteiger partial charge in [0.2, 0.25) is 0 Å². The van der Waals surface area contributed by atoms with Gasteiger partial charge in [0.15, 0.2) is 0 Å². The topological polar surface area (TPSA) is 43.8 Å². The first-order chi connectivity index (χ1) is 11.3. The van der Waals surface area contributed by atoms with E-state index < -0.39 is 0 Å². The molecule has 1 saturated carbocycles. The molecule has 2 N–H and O–H groups in total. The molecule has 0 radical (unpaired) electrons. The van der Waals surface area contributed by atoms with Crippen LogP contribution in [0.15, 0.2) is 60.9 Å². The fourth-order valence-corrected chi connectivity index (χ4v) is 3.39. The van der Waals surface area contributed by atoms with Crippen molar-refractivity contribution in [1.29, 1.82) is 0 Å². The Morgan fingerprint density at radius 3 is 2.61 bits per heavy atom. The van der Waals surface area contributed by atoms with E-state index in [0.717, 1.165) is 10.8 Å². The monoisotopic (exact) mass is 299 g/mol. The summed E-state index contributed by atoms with van der Waals surface area (Å²) in [5, 5.41) is 3.44. The summed E-state index contributed by atoms with van der Waals surface area (Å²) in [7, 11) is 0. The van der Waals surface area contributed by atoms with Gasteiger partial charge < -0.3 is 10.3 Å². The van der Waals surface area contributed by atoms with Crippen molar-refractivity contribution < 1.29 is 0 Å². The minimum atomic E-state index is 0.588. The van der Waals surface area contributed by atoms with E-state index in [4.69, 9.17) is 5.73 Å². The van der Waals surface area contributed by atoms with Crippen LogP contribution < -0.4 is 5.73 Å². The highest BCUT2D eigenvalue weighted by Gasteiger charge is 2.24. The van der Waals surface area contributed by atoms with Crippen molar-refractivity contribution >= 4 is 27.5 Å². The van der Waals surface area contributed by atoms with E-state index >= 15 is 0 Å². The molecule has 0 bridgehead atoms. The number of nitrogens with zero attached hydrogens (tertiary/aromatic N) is 2. The molecule has 1 fully saturated rings. The molecule has 1 aliphatic carbocycles. The molecule has 5 rings (SSSR count). The smallest absolute Gasteiger partial charge is 0.131 e. The van der Waals surface area contributed by atoms with Gasteiger partial charge in [0.25, 0.3) is 0 Å². The van der Waals surface area contributed by atoms with Crippen LogP contribution in [0.5, 0.6) is 0 Å². The Morgan fingerprint density at radius 2 is 1.74 bits per heavy atom. The van der Waals surface area contributed by atoms with Gasteiger partial charge in [0.1, 0.15) is 5.82 Å². The highest BCUT2D eigenvalue weighted by molar-refractivity contribution is 5.95. The molecule has 3 nitrogen and oxygen atoms in total. The van der Waals surface area contributed by atoms with E-state index in [1.165, 1.54) is 34.9 Å². The molecule has 2 aromatic heterocycles. The SMILES string of the molecule is Nc1nccc2ccc(-c3ccc4c(ccn4C4CC4)c3)cc12. The second-order valence-electron chi connectivity index (χ2n) is 6.36. The highest BCUT2D eigenvalue weighted by atomic mass is 15.0. The summed E-state index contributed by atoms with van der Waals surface area (Å²) in [4.78, 5) is 4.20. The molecule has 112 valence electrons. The van der Waals surface area contributed by atoms with Gasteiger partial charge in [-0.3, -0.25) is 0 Å². The molecule has 0 amide bonds. The van der Waals surface area contributed by atoms with Crippen LogP contribution in [0.2, 0.25) is 0 Å². The second kappa shape index (κ2) is 4.59. The van der Waals surface area contributed by atoms with Crippen LogP contribution in [0.1, 0.15) is 18.9 Å². The average molecular weight is 299 g/mol. The molecule has 0 aliphatic heterocycles. The summed E-state index contributed by atoms with van der Waals surface area (Å²) < 4.78 is 2.40. The van der Waals surface area contributed by atoms with E-state index in [1.54, 1.807) is 6.20 Å². The van der Waals surface area contributed by atoms with Crippen LogP contribution >= 0.6 is 0 Å². The Balaban J connectivity index is 1.66. The summed E-state index contributed by atoms with van der Waals surface area (Å²) in [6.07, 6.45) is 6.59. The second-order valence-corrected chi connectivity index (χ2v) is 6.36. The molecule has 0 saturated heterocycles. The number of aromatic nitrogens is 2. The fraction of sp³-hybridized carbons (Fsp3) is 0.150. The zero-order chi connectivity index (χ0) is 15.4. The van der Waals surface area contributed by atoms with E-state index in [9.17, 15) is 0 Å². The molecule has 0 unspecified atom stereocenters. The number of nitrogens with two attached hydrogens (primary N) is 1. The van der Waals surface area contributed by atoms with Crippen molar-refractivity contribution in [3.63, 3.8) is 0 Å². The van der Waals surface area contributed by atoms with Crippen molar-refractivity contribution in [3.05, 3.63) is 60.9 Å². The van der Waals surface area contributed by atoms with Crippen LogP contribution in [0, 0.1) is 0 Å². The fourth-order valence-electron chi connectivity index (χ4n) is 3.39. The van der Waals surface area contributed by atoms with E-state index in [1.807, 2.05) is 6.07 Å². The van der Waals surface area contributed by atoms with Gasteiger partial charge >= 0.3 is 0 Å². The number of anilines is 1. The third kappa shape index (κ3) is 2.00. The van der Waals surface area contributed by atoms with Crippen molar-refractivity contribution in [2.75, 3.05) is 5.73 Å². The van der Waals surface area contributed by atoms with Crippen LogP contribution in [0.3, 0.4) is 0 Å². The molecule has 23 heavy (non-hydrogen) atoms. The van der Waals surface area contributed by atoms with E-state index in [0.29, 0.717) is 11.9 Å². The number of rotatable bonds is 2. The predicted octanol–water partition coefficient (Wildman–Crippen LogP) is 4.77. The van der Waals surface area contributed by atoms with Crippen molar-refractivity contribution in [2.24, 2.45) is 0 Å². The Bertz CT molecular complexity index is 1040.